The number of fused-ring (bicyclic) bond motifs is 3. The van der Waals surface area contributed by atoms with Gasteiger partial charge in [0.25, 0.3) is 0 Å². The zero-order chi connectivity index (χ0) is 27.3. The molecule has 2 amide bonds. The van der Waals surface area contributed by atoms with Gasteiger partial charge in [0.1, 0.15) is 11.8 Å². The third-order valence-electron chi connectivity index (χ3n) is 7.57. The Labute approximate surface area is 233 Å². The first kappa shape index (κ1) is 25.0. The summed E-state index contributed by atoms with van der Waals surface area (Å²) < 4.78 is 5.90. The Morgan fingerprint density at radius 2 is 1.51 bits per heavy atom. The van der Waals surface area contributed by atoms with E-state index in [2.05, 4.69) is 15.9 Å². The summed E-state index contributed by atoms with van der Waals surface area (Å²) >= 11 is 3.44. The number of allylic oxidation sites excluding steroid dienone is 2. The molecule has 0 aromatic heterocycles. The van der Waals surface area contributed by atoms with Crippen molar-refractivity contribution >= 4 is 45.0 Å². The van der Waals surface area contributed by atoms with Crippen molar-refractivity contribution in [3.8, 4) is 5.75 Å². The van der Waals surface area contributed by atoms with E-state index in [4.69, 9.17) is 4.74 Å². The van der Waals surface area contributed by atoms with Crippen LogP contribution in [0.3, 0.4) is 0 Å². The Kier molecular flexibility index (Phi) is 6.27. The summed E-state index contributed by atoms with van der Waals surface area (Å²) in [4.78, 5) is 57.9. The van der Waals surface area contributed by atoms with Crippen LogP contribution in [0.1, 0.15) is 20.7 Å². The van der Waals surface area contributed by atoms with Gasteiger partial charge in [0.05, 0.1) is 35.1 Å². The van der Waals surface area contributed by atoms with E-state index in [9.17, 15) is 19.2 Å². The number of carbonyl (C=O) groups excluding carboxylic acids is 4. The fraction of sp³-hybridized carbons (Fsp3) is 0.161. The van der Waals surface area contributed by atoms with E-state index in [1.807, 2.05) is 6.07 Å². The minimum Gasteiger partial charge on any atom is -0.496 e. The van der Waals surface area contributed by atoms with Crippen molar-refractivity contribution in [3.63, 3.8) is 0 Å². The molecule has 4 atom stereocenters. The number of imide groups is 1. The van der Waals surface area contributed by atoms with Crippen molar-refractivity contribution in [2.24, 2.45) is 11.8 Å². The zero-order valence-corrected chi connectivity index (χ0v) is 22.4. The monoisotopic (exact) mass is 582 g/mol. The summed E-state index contributed by atoms with van der Waals surface area (Å²) in [7, 11) is 1.54. The van der Waals surface area contributed by atoms with Gasteiger partial charge in [-0.15, -0.1) is 0 Å². The molecular weight excluding hydrogens is 560 g/mol. The topological polar surface area (TPSA) is 84.0 Å². The Morgan fingerprint density at radius 3 is 2.18 bits per heavy atom. The lowest BCUT2D eigenvalue weighted by atomic mass is 9.85. The molecule has 194 valence electrons. The van der Waals surface area contributed by atoms with Crippen molar-refractivity contribution in [1.29, 1.82) is 0 Å². The van der Waals surface area contributed by atoms with E-state index in [1.165, 1.54) is 12.0 Å². The molecule has 0 spiro atoms. The second-order valence-electron chi connectivity index (χ2n) is 9.63. The van der Waals surface area contributed by atoms with Crippen molar-refractivity contribution in [3.05, 3.63) is 118 Å². The summed E-state index contributed by atoms with van der Waals surface area (Å²) in [5.74, 6) is -2.44. The largest absolute Gasteiger partial charge is 0.496 e. The van der Waals surface area contributed by atoms with E-state index in [0.29, 0.717) is 32.6 Å². The van der Waals surface area contributed by atoms with Crippen molar-refractivity contribution < 1.29 is 23.9 Å². The maximum absolute atomic E-state index is 14.0. The SMILES string of the molecule is COc1ccc(C(=O)[C@H]2[C@H]3C(=O)N(c4ccccc4)C(=O)[C@@H]3[C@H]3C=C(C(=O)c4ccccc4)C=CN32)cc1Br. The van der Waals surface area contributed by atoms with E-state index in [1.54, 1.807) is 96.0 Å². The predicted octanol–water partition coefficient (Wildman–Crippen LogP) is 4.84. The highest BCUT2D eigenvalue weighted by Crippen LogP contribution is 2.47. The molecule has 0 saturated carbocycles. The number of nitrogens with zero attached hydrogens (tertiary/aromatic N) is 2. The Morgan fingerprint density at radius 1 is 0.846 bits per heavy atom. The van der Waals surface area contributed by atoms with Gasteiger partial charge in [-0.25, -0.2) is 4.90 Å². The number of Topliss-reactive ketones (excluding diaryl/α,β-unsaturated/α-hetero) is 2. The standard InChI is InChI=1S/C31H23BrN2O5/c1-39-24-13-12-19(16-22(24)32)29(36)27-26-25(30(37)34(31(26)38)21-10-6-3-7-11-21)23-17-20(14-15-33(23)27)28(35)18-8-4-2-5-9-18/h2-17,23,25-27H,1H3/t23-,25-,26+,27-/m1/s1. The number of ether oxygens (including phenoxy) is 1. The second-order valence-corrected chi connectivity index (χ2v) is 10.5. The third kappa shape index (κ3) is 4.03. The molecular formula is C31H23BrN2O5. The van der Waals surface area contributed by atoms with Gasteiger partial charge >= 0.3 is 0 Å². The molecule has 3 heterocycles. The van der Waals surface area contributed by atoms with E-state index < -0.39 is 29.8 Å². The quantitative estimate of drug-likeness (QED) is 0.305. The number of ketones is 2. The molecule has 2 fully saturated rings. The number of amides is 2. The molecule has 0 bridgehead atoms. The van der Waals surface area contributed by atoms with Crippen molar-refractivity contribution in [1.82, 2.24) is 4.90 Å². The highest BCUT2D eigenvalue weighted by Gasteiger charge is 2.63. The molecule has 0 unspecified atom stereocenters. The first-order valence-corrected chi connectivity index (χ1v) is 13.3. The van der Waals surface area contributed by atoms with Crippen LogP contribution in [-0.2, 0) is 9.59 Å². The fourth-order valence-corrected chi connectivity index (χ4v) is 6.32. The molecule has 3 aliphatic rings. The number of anilines is 1. The second kappa shape index (κ2) is 9.78. The van der Waals surface area contributed by atoms with Gasteiger partial charge in [-0.3, -0.25) is 19.2 Å². The maximum atomic E-state index is 14.0. The van der Waals surface area contributed by atoms with Crippen LogP contribution >= 0.6 is 15.9 Å². The average molecular weight is 583 g/mol. The molecule has 2 saturated heterocycles. The highest BCUT2D eigenvalue weighted by atomic mass is 79.9. The van der Waals surface area contributed by atoms with Crippen LogP contribution in [0.5, 0.6) is 5.75 Å². The summed E-state index contributed by atoms with van der Waals surface area (Å²) in [6.07, 6.45) is 5.05. The number of halogens is 1. The summed E-state index contributed by atoms with van der Waals surface area (Å²) in [6.45, 7) is 0. The van der Waals surface area contributed by atoms with Gasteiger partial charge in [0.2, 0.25) is 11.8 Å². The van der Waals surface area contributed by atoms with Gasteiger partial charge in [-0.1, -0.05) is 54.6 Å². The molecule has 3 aromatic rings. The fourth-order valence-electron chi connectivity index (χ4n) is 5.78. The summed E-state index contributed by atoms with van der Waals surface area (Å²) in [5, 5.41) is 0. The van der Waals surface area contributed by atoms with Crippen LogP contribution in [0.2, 0.25) is 0 Å². The predicted molar refractivity (Wildman–Crippen MR) is 148 cm³/mol. The molecule has 7 nitrogen and oxygen atoms in total. The molecule has 3 aliphatic heterocycles. The lowest BCUT2D eigenvalue weighted by Gasteiger charge is -2.32. The smallest absolute Gasteiger partial charge is 0.240 e. The minimum absolute atomic E-state index is 0.186. The minimum atomic E-state index is -0.925. The molecule has 0 aliphatic carbocycles. The van der Waals surface area contributed by atoms with Gasteiger partial charge in [-0.05, 0) is 52.3 Å². The third-order valence-corrected chi connectivity index (χ3v) is 8.19. The number of rotatable bonds is 6. The molecule has 0 N–H and O–H groups in total. The van der Waals surface area contributed by atoms with Crippen LogP contribution in [-0.4, -0.2) is 47.5 Å². The van der Waals surface area contributed by atoms with E-state index in [-0.39, 0.29) is 17.5 Å². The normalized spacial score (nSPS) is 23.4. The molecule has 8 heteroatoms. The number of para-hydroxylation sites is 1. The first-order valence-electron chi connectivity index (χ1n) is 12.5. The van der Waals surface area contributed by atoms with Crippen LogP contribution < -0.4 is 9.64 Å². The lowest BCUT2D eigenvalue weighted by Crippen LogP contribution is -2.46. The van der Waals surface area contributed by atoms with Crippen molar-refractivity contribution in [2.75, 3.05) is 12.0 Å². The van der Waals surface area contributed by atoms with Crippen molar-refractivity contribution in [2.45, 2.75) is 12.1 Å². The molecule has 3 aromatic carbocycles. The Hall–Kier alpha value is -4.30. The van der Waals surface area contributed by atoms with Gasteiger partial charge < -0.3 is 9.64 Å². The Balaban J connectivity index is 1.43. The number of benzene rings is 3. The van der Waals surface area contributed by atoms with E-state index in [0.717, 1.165) is 0 Å². The Bertz CT molecular complexity index is 1570. The zero-order valence-electron chi connectivity index (χ0n) is 20.9. The molecule has 39 heavy (non-hydrogen) atoms. The van der Waals surface area contributed by atoms with Gasteiger partial charge in [0.15, 0.2) is 11.6 Å². The number of hydrogen-bond acceptors (Lipinski definition) is 6. The summed E-state index contributed by atoms with van der Waals surface area (Å²) in [5.41, 5.74) is 1.78. The van der Waals surface area contributed by atoms with Gasteiger partial charge in [0, 0.05) is 22.9 Å². The van der Waals surface area contributed by atoms with Crippen LogP contribution in [0, 0.1) is 11.8 Å². The lowest BCUT2D eigenvalue weighted by molar-refractivity contribution is -0.123. The van der Waals surface area contributed by atoms with Crippen LogP contribution in [0.15, 0.2) is 107 Å². The molecule has 0 radical (unpaired) electrons. The van der Waals surface area contributed by atoms with Crippen LogP contribution in [0.4, 0.5) is 5.69 Å². The highest BCUT2D eigenvalue weighted by molar-refractivity contribution is 9.10. The maximum Gasteiger partial charge on any atom is 0.240 e. The van der Waals surface area contributed by atoms with E-state index >= 15 is 0 Å². The molecule has 6 rings (SSSR count). The van der Waals surface area contributed by atoms with Crippen LogP contribution in [0.25, 0.3) is 0 Å². The average Bonchev–Trinajstić information content (AvgIpc) is 3.44. The number of carbonyl (C=O) groups is 4. The van der Waals surface area contributed by atoms with Gasteiger partial charge in [-0.2, -0.15) is 0 Å². The number of hydrogen-bond donors (Lipinski definition) is 0. The first-order chi connectivity index (χ1) is 18.9. The number of methoxy groups -OCH3 is 1. The summed E-state index contributed by atoms with van der Waals surface area (Å²) in [6, 6.07) is 21.0.